The molecule has 0 aliphatic rings. The van der Waals surface area contributed by atoms with Crippen molar-refractivity contribution in [3.63, 3.8) is 0 Å². The first-order valence-electron chi connectivity index (χ1n) is 21.5. The number of aliphatic hydroxyl groups excluding tert-OH is 1. The number of hydrogen-bond acceptors (Lipinski definition) is 10. The van der Waals surface area contributed by atoms with E-state index in [1.54, 1.807) is 24.3 Å². The third kappa shape index (κ3) is 12.4. The summed E-state index contributed by atoms with van der Waals surface area (Å²) in [7, 11) is 6.06. The van der Waals surface area contributed by atoms with Crippen LogP contribution in [0.15, 0.2) is 103 Å². The van der Waals surface area contributed by atoms with E-state index in [-0.39, 0.29) is 49.4 Å². The van der Waals surface area contributed by atoms with Gasteiger partial charge in [-0.2, -0.15) is 0 Å². The van der Waals surface area contributed by atoms with Crippen LogP contribution in [-0.4, -0.2) is 80.6 Å². The Hall–Kier alpha value is -6.31. The molecule has 5 atom stereocenters. The average molecular weight is 877 g/mol. The second-order valence-corrected chi connectivity index (χ2v) is 17.4. The van der Waals surface area contributed by atoms with Gasteiger partial charge in [-0.15, -0.1) is 0 Å². The van der Waals surface area contributed by atoms with Gasteiger partial charge in [0.1, 0.15) is 17.5 Å². The van der Waals surface area contributed by atoms with Crippen LogP contribution in [0.3, 0.4) is 0 Å². The highest BCUT2D eigenvalue weighted by Crippen LogP contribution is 2.38. The van der Waals surface area contributed by atoms with Crippen molar-refractivity contribution < 1.29 is 43.5 Å². The molecule has 0 radical (unpaired) electrons. The van der Waals surface area contributed by atoms with E-state index in [1.807, 2.05) is 107 Å². The van der Waals surface area contributed by atoms with E-state index in [1.165, 1.54) is 34.5 Å². The zero-order valence-corrected chi connectivity index (χ0v) is 38.4. The normalized spacial score (nSPS) is 13.9. The highest BCUT2D eigenvalue weighted by atomic mass is 16.5. The summed E-state index contributed by atoms with van der Waals surface area (Å²) in [4.78, 5) is 42.9. The molecule has 64 heavy (non-hydrogen) atoms. The van der Waals surface area contributed by atoms with Crippen molar-refractivity contribution in [1.82, 2.24) is 21.3 Å². The molecule has 3 amide bonds. The molecular formula is C51H64N4O9. The third-order valence-electron chi connectivity index (χ3n) is 11.5. The molecule has 13 nitrogen and oxygen atoms in total. The monoisotopic (exact) mass is 876 g/mol. The minimum absolute atomic E-state index is 0.00346. The number of nitrogens with one attached hydrogen (secondary N) is 4. The van der Waals surface area contributed by atoms with E-state index in [9.17, 15) is 24.6 Å². The highest BCUT2D eigenvalue weighted by Gasteiger charge is 2.41. The van der Waals surface area contributed by atoms with Crippen molar-refractivity contribution >= 4 is 28.5 Å². The average Bonchev–Trinajstić information content (AvgIpc) is 3.27. The number of phenolic OH excluding ortho intramolecular Hbond substituents is 1. The Morgan fingerprint density at radius 1 is 0.688 bits per heavy atom. The summed E-state index contributed by atoms with van der Waals surface area (Å²) >= 11 is 0. The van der Waals surface area contributed by atoms with Crippen molar-refractivity contribution in [1.29, 1.82) is 0 Å². The lowest BCUT2D eigenvalue weighted by molar-refractivity contribution is -0.133. The molecule has 5 aromatic carbocycles. The van der Waals surface area contributed by atoms with Crippen molar-refractivity contribution in [2.24, 2.45) is 17.3 Å². The highest BCUT2D eigenvalue weighted by molar-refractivity contribution is 5.93. The topological polar surface area (TPSA) is 177 Å². The van der Waals surface area contributed by atoms with Crippen molar-refractivity contribution in [3.8, 4) is 28.7 Å². The molecule has 0 saturated carbocycles. The summed E-state index contributed by atoms with van der Waals surface area (Å²) in [5, 5.41) is 38.1. The summed E-state index contributed by atoms with van der Waals surface area (Å²) in [5.41, 5.74) is 2.12. The fourth-order valence-electron chi connectivity index (χ4n) is 8.08. The van der Waals surface area contributed by atoms with Gasteiger partial charge in [0.15, 0.2) is 11.5 Å². The second kappa shape index (κ2) is 22.4. The van der Waals surface area contributed by atoms with E-state index in [4.69, 9.17) is 18.9 Å². The number of methoxy groups -OCH3 is 4. The van der Waals surface area contributed by atoms with Crippen LogP contribution in [0.25, 0.3) is 10.8 Å². The summed E-state index contributed by atoms with van der Waals surface area (Å²) in [6.45, 7) is 9.56. The number of ether oxygens (including phenoxy) is 4. The van der Waals surface area contributed by atoms with E-state index in [2.05, 4.69) is 21.3 Å². The van der Waals surface area contributed by atoms with Crippen molar-refractivity contribution in [3.05, 3.63) is 125 Å². The molecule has 0 bridgehead atoms. The van der Waals surface area contributed by atoms with Gasteiger partial charge in [-0.1, -0.05) is 107 Å². The minimum Gasteiger partial charge on any atom is -0.507 e. The first kappa shape index (κ1) is 48.7. The Morgan fingerprint density at radius 2 is 1.34 bits per heavy atom. The first-order chi connectivity index (χ1) is 30.6. The number of aromatic hydroxyl groups is 1. The van der Waals surface area contributed by atoms with Gasteiger partial charge in [0, 0.05) is 30.8 Å². The van der Waals surface area contributed by atoms with Crippen LogP contribution < -0.4 is 40.2 Å². The maximum absolute atomic E-state index is 14.7. The van der Waals surface area contributed by atoms with Gasteiger partial charge < -0.3 is 50.4 Å². The molecule has 0 aromatic heterocycles. The largest absolute Gasteiger partial charge is 0.507 e. The number of rotatable bonds is 21. The predicted molar refractivity (Wildman–Crippen MR) is 249 cm³/mol. The van der Waals surface area contributed by atoms with Crippen LogP contribution in [-0.2, 0) is 40.3 Å². The third-order valence-corrected chi connectivity index (χ3v) is 11.5. The SMILES string of the molecule is COc1ccc(CNC(=O)C(C(C)C)[C@H](NCc2cc(OC)c(OC)c(OC)c2)C(O)[C@H](Cc2ccccc2)NC(=O)C(NC(=O)Cc2cccc3ccccc23)C(C)(C)C)c(O)c1. The maximum Gasteiger partial charge on any atom is 0.243 e. The van der Waals surface area contributed by atoms with E-state index >= 15 is 0 Å². The molecule has 3 unspecified atom stereocenters. The Morgan fingerprint density at radius 3 is 1.95 bits per heavy atom. The number of benzene rings is 5. The summed E-state index contributed by atoms with van der Waals surface area (Å²) in [6, 6.07) is 28.6. The van der Waals surface area contributed by atoms with Crippen LogP contribution >= 0.6 is 0 Å². The van der Waals surface area contributed by atoms with Crippen LogP contribution in [0.5, 0.6) is 28.7 Å². The number of amides is 3. The van der Waals surface area contributed by atoms with E-state index in [0.717, 1.165) is 21.9 Å². The van der Waals surface area contributed by atoms with Gasteiger partial charge in [-0.05, 0) is 69.5 Å². The molecule has 0 saturated heterocycles. The van der Waals surface area contributed by atoms with E-state index in [0.29, 0.717) is 34.1 Å². The number of phenols is 1. The van der Waals surface area contributed by atoms with Crippen LogP contribution in [0, 0.1) is 17.3 Å². The quantitative estimate of drug-likeness (QED) is 0.0478. The predicted octanol–water partition coefficient (Wildman–Crippen LogP) is 6.49. The molecular weight excluding hydrogens is 813 g/mol. The van der Waals surface area contributed by atoms with E-state index < -0.39 is 41.5 Å². The van der Waals surface area contributed by atoms with Gasteiger partial charge in [-0.25, -0.2) is 0 Å². The molecule has 0 spiro atoms. The maximum atomic E-state index is 14.7. The Balaban J connectivity index is 1.50. The molecule has 0 heterocycles. The summed E-state index contributed by atoms with van der Waals surface area (Å²) < 4.78 is 22.0. The lowest BCUT2D eigenvalue weighted by atomic mass is 9.80. The molecule has 6 N–H and O–H groups in total. The Labute approximate surface area is 376 Å². The summed E-state index contributed by atoms with van der Waals surface area (Å²) in [6.07, 6.45) is -1.11. The summed E-state index contributed by atoms with van der Waals surface area (Å²) in [5.74, 6) is -0.696. The molecule has 342 valence electrons. The second-order valence-electron chi connectivity index (χ2n) is 17.4. The fourth-order valence-corrected chi connectivity index (χ4v) is 8.08. The Bertz CT molecular complexity index is 2320. The smallest absolute Gasteiger partial charge is 0.243 e. The zero-order valence-electron chi connectivity index (χ0n) is 38.4. The van der Waals surface area contributed by atoms with Crippen molar-refractivity contribution in [2.75, 3.05) is 28.4 Å². The first-order valence-corrected chi connectivity index (χ1v) is 21.5. The lowest BCUT2D eigenvalue weighted by Gasteiger charge is -2.39. The number of carbonyl (C=O) groups excluding carboxylic acids is 3. The number of carbonyl (C=O) groups is 3. The minimum atomic E-state index is -1.37. The fraction of sp³-hybridized carbons (Fsp3) is 0.392. The van der Waals surface area contributed by atoms with Crippen molar-refractivity contribution in [2.45, 2.75) is 84.8 Å². The molecule has 13 heteroatoms. The molecule has 0 fully saturated rings. The molecule has 0 aliphatic heterocycles. The van der Waals surface area contributed by atoms with Gasteiger partial charge in [0.25, 0.3) is 0 Å². The van der Waals surface area contributed by atoms with Gasteiger partial charge >= 0.3 is 0 Å². The number of fused-ring (bicyclic) bond motifs is 1. The Kier molecular flexibility index (Phi) is 17.0. The molecule has 5 aromatic rings. The van der Waals surface area contributed by atoms with Gasteiger partial charge in [-0.3, -0.25) is 14.4 Å². The van der Waals surface area contributed by atoms with Gasteiger partial charge in [0.2, 0.25) is 23.5 Å². The number of hydrogen-bond donors (Lipinski definition) is 6. The van der Waals surface area contributed by atoms with Gasteiger partial charge in [0.05, 0.1) is 52.9 Å². The lowest BCUT2D eigenvalue weighted by Crippen LogP contribution is -2.62. The van der Waals surface area contributed by atoms with Crippen LogP contribution in [0.4, 0.5) is 0 Å². The standard InChI is InChI=1S/C51H64N4O9/c1-31(2)44(49(59)53-30-36-22-23-37(61-6)28-40(36)56)45(52-29-33-25-41(62-7)47(64-9)42(26-33)63-8)46(58)39(24-32-16-11-10-12-17-32)54-50(60)48(51(3,4)5)55-43(57)27-35-20-15-19-34-18-13-14-21-38(34)35/h10-23,25-26,28,31,39,44-46,48,52,56,58H,24,27,29-30H2,1-9H3,(H,53,59)(H,54,60)(H,55,57)/t39-,44?,45-,46?,48?/m0/s1. The molecule has 5 rings (SSSR count). The zero-order chi connectivity index (χ0) is 46.6. The molecule has 0 aliphatic carbocycles. The van der Waals surface area contributed by atoms with Crippen LogP contribution in [0.1, 0.15) is 56.9 Å². The number of aliphatic hydroxyl groups is 1. The van der Waals surface area contributed by atoms with Crippen LogP contribution in [0.2, 0.25) is 0 Å².